The lowest BCUT2D eigenvalue weighted by Gasteiger charge is -2.18. The van der Waals surface area contributed by atoms with Crippen molar-refractivity contribution in [2.75, 3.05) is 18.2 Å². The predicted molar refractivity (Wildman–Crippen MR) is 137 cm³/mol. The van der Waals surface area contributed by atoms with Gasteiger partial charge in [-0.25, -0.2) is 12.8 Å². The summed E-state index contributed by atoms with van der Waals surface area (Å²) in [6.07, 6.45) is 2.40. The minimum Gasteiger partial charge on any atom is -0.456 e. The average molecular weight is 527 g/mol. The number of amides is 1. The van der Waals surface area contributed by atoms with E-state index in [4.69, 9.17) is 4.74 Å². The summed E-state index contributed by atoms with van der Waals surface area (Å²) in [7, 11) is -3.44. The fourth-order valence-electron chi connectivity index (χ4n) is 3.69. The van der Waals surface area contributed by atoms with E-state index in [1.807, 2.05) is 13.8 Å². The number of carbonyl (C=O) groups excluding carboxylic acids is 1. The lowest BCUT2D eigenvalue weighted by atomic mass is 9.91. The molecule has 2 heterocycles. The third-order valence-electron chi connectivity index (χ3n) is 6.06. The molecule has 0 fully saturated rings. The molecule has 0 spiro atoms. The summed E-state index contributed by atoms with van der Waals surface area (Å²) in [6, 6.07) is 10.7. The molecule has 1 amide bonds. The topological polar surface area (TPSA) is 134 Å². The summed E-state index contributed by atoms with van der Waals surface area (Å²) in [4.78, 5) is 16.9. The van der Waals surface area contributed by atoms with Crippen molar-refractivity contribution in [3.8, 4) is 11.5 Å². The van der Waals surface area contributed by atoms with Crippen molar-refractivity contribution in [2.45, 2.75) is 37.5 Å². The molecule has 0 atom stereocenters. The van der Waals surface area contributed by atoms with E-state index in [1.165, 1.54) is 31.3 Å². The molecule has 0 aliphatic heterocycles. The van der Waals surface area contributed by atoms with Crippen LogP contribution in [0.5, 0.6) is 11.5 Å². The second kappa shape index (κ2) is 9.91. The van der Waals surface area contributed by atoms with Gasteiger partial charge in [-0.1, -0.05) is 19.9 Å². The van der Waals surface area contributed by atoms with E-state index in [9.17, 15) is 18.3 Å². The fraction of sp³-hybridized carbons (Fsp3) is 0.269. The van der Waals surface area contributed by atoms with Gasteiger partial charge in [0.05, 0.1) is 23.4 Å². The van der Waals surface area contributed by atoms with Crippen LogP contribution in [-0.2, 0) is 26.5 Å². The number of hydrogen-bond donors (Lipinski definition) is 3. The number of rotatable bonds is 8. The van der Waals surface area contributed by atoms with Gasteiger partial charge in [0.25, 0.3) is 0 Å². The molecule has 0 saturated carbocycles. The van der Waals surface area contributed by atoms with Crippen LogP contribution in [0.15, 0.2) is 53.6 Å². The third kappa shape index (κ3) is 5.62. The number of carbonyl (C=O) groups is 1. The Bertz CT molecular complexity index is 1600. The van der Waals surface area contributed by atoms with Crippen LogP contribution in [0.25, 0.3) is 10.9 Å². The molecule has 4 aromatic rings. The van der Waals surface area contributed by atoms with Gasteiger partial charge in [-0.15, -0.1) is 0 Å². The summed E-state index contributed by atoms with van der Waals surface area (Å²) >= 11 is 0. The lowest BCUT2D eigenvalue weighted by Crippen LogP contribution is -2.22. The Hall–Kier alpha value is -3.83. The molecule has 0 bridgehead atoms. The molecule has 0 unspecified atom stereocenters. The van der Waals surface area contributed by atoms with Gasteiger partial charge in [-0.3, -0.25) is 14.9 Å². The molecule has 2 aromatic heterocycles. The second-order valence-corrected chi connectivity index (χ2v) is 11.5. The van der Waals surface area contributed by atoms with Crippen LogP contribution in [0.4, 0.5) is 10.2 Å². The number of H-pyrrole nitrogens is 1. The van der Waals surface area contributed by atoms with Crippen LogP contribution < -0.4 is 10.1 Å². The minimum atomic E-state index is -3.44. The first-order valence-corrected chi connectivity index (χ1v) is 13.3. The lowest BCUT2D eigenvalue weighted by molar-refractivity contribution is -0.115. The van der Waals surface area contributed by atoms with Crippen LogP contribution in [0, 0.1) is 12.7 Å². The maximum absolute atomic E-state index is 15.2. The molecule has 194 valence electrons. The van der Waals surface area contributed by atoms with Crippen molar-refractivity contribution >= 4 is 32.5 Å². The first-order chi connectivity index (χ1) is 17.4. The van der Waals surface area contributed by atoms with Crippen molar-refractivity contribution in [3.05, 3.63) is 71.3 Å². The zero-order valence-electron chi connectivity index (χ0n) is 20.8. The maximum Gasteiger partial charge on any atom is 0.230 e. The van der Waals surface area contributed by atoms with Gasteiger partial charge in [-0.05, 0) is 42.8 Å². The molecule has 11 heteroatoms. The monoisotopic (exact) mass is 526 g/mol. The van der Waals surface area contributed by atoms with Crippen molar-refractivity contribution in [2.24, 2.45) is 0 Å². The number of anilines is 1. The molecular formula is C26H27FN4O5S. The zero-order valence-corrected chi connectivity index (χ0v) is 21.6. The number of aliphatic hydroxyl groups is 1. The number of aromatic nitrogens is 3. The van der Waals surface area contributed by atoms with Crippen LogP contribution in [-0.4, -0.2) is 47.5 Å². The molecule has 0 radical (unpaired) electrons. The van der Waals surface area contributed by atoms with E-state index in [2.05, 4.69) is 20.5 Å². The smallest absolute Gasteiger partial charge is 0.230 e. The van der Waals surface area contributed by atoms with Gasteiger partial charge in [0, 0.05) is 40.6 Å². The third-order valence-corrected chi connectivity index (χ3v) is 7.17. The number of hydrogen-bond acceptors (Lipinski definition) is 7. The summed E-state index contributed by atoms with van der Waals surface area (Å²) in [5, 5.41) is 19.4. The Morgan fingerprint density at radius 2 is 1.92 bits per heavy atom. The van der Waals surface area contributed by atoms with Crippen molar-refractivity contribution in [3.63, 3.8) is 0 Å². The van der Waals surface area contributed by atoms with Gasteiger partial charge >= 0.3 is 0 Å². The van der Waals surface area contributed by atoms with Crippen LogP contribution in [0.2, 0.25) is 0 Å². The first kappa shape index (κ1) is 26.2. The van der Waals surface area contributed by atoms with E-state index in [1.54, 1.807) is 24.3 Å². The zero-order chi connectivity index (χ0) is 27.0. The Morgan fingerprint density at radius 1 is 1.16 bits per heavy atom. The Kier molecular flexibility index (Phi) is 7.03. The molecule has 2 aromatic carbocycles. The van der Waals surface area contributed by atoms with Gasteiger partial charge in [0.2, 0.25) is 5.91 Å². The normalized spacial score (nSPS) is 12.1. The number of ether oxygens (including phenoxy) is 1. The summed E-state index contributed by atoms with van der Waals surface area (Å²) in [5.41, 5.74) is 0.997. The van der Waals surface area contributed by atoms with Crippen LogP contribution >= 0.6 is 0 Å². The largest absolute Gasteiger partial charge is 0.456 e. The number of nitrogens with zero attached hydrogens (tertiary/aromatic N) is 2. The van der Waals surface area contributed by atoms with Crippen LogP contribution in [0.1, 0.15) is 30.7 Å². The molecular weight excluding hydrogens is 499 g/mol. The molecule has 0 saturated heterocycles. The highest BCUT2D eigenvalue weighted by Gasteiger charge is 2.23. The molecule has 4 rings (SSSR count). The maximum atomic E-state index is 15.2. The first-order valence-electron chi connectivity index (χ1n) is 11.4. The van der Waals surface area contributed by atoms with Gasteiger partial charge in [-0.2, -0.15) is 5.10 Å². The fourth-order valence-corrected chi connectivity index (χ4v) is 4.33. The Morgan fingerprint density at radius 3 is 2.62 bits per heavy atom. The summed E-state index contributed by atoms with van der Waals surface area (Å²) in [5.74, 6) is -0.227. The van der Waals surface area contributed by atoms with Crippen LogP contribution in [0.3, 0.4) is 0 Å². The number of fused-ring (bicyclic) bond motifs is 1. The number of pyridine rings is 1. The molecule has 0 aliphatic carbocycles. The number of benzene rings is 2. The van der Waals surface area contributed by atoms with Crippen molar-refractivity contribution in [1.82, 2.24) is 15.2 Å². The summed E-state index contributed by atoms with van der Waals surface area (Å²) in [6.45, 7) is 5.09. The van der Waals surface area contributed by atoms with E-state index in [0.29, 0.717) is 22.3 Å². The van der Waals surface area contributed by atoms with E-state index in [0.717, 1.165) is 6.26 Å². The molecule has 0 aliphatic rings. The Labute approximate surface area is 213 Å². The minimum absolute atomic E-state index is 0.102. The Balaban J connectivity index is 1.54. The summed E-state index contributed by atoms with van der Waals surface area (Å²) < 4.78 is 45.1. The molecule has 37 heavy (non-hydrogen) atoms. The second-order valence-electron chi connectivity index (χ2n) is 9.46. The van der Waals surface area contributed by atoms with Crippen molar-refractivity contribution < 1.29 is 27.4 Å². The standard InChI is InChI=1S/C26H27FN4O5S/c1-15-20(36-21-9-10-28-19-7-6-17(12-18(19)21)37(4,34)35)8-5-16(25(15)27)11-24(33)29-23-13-22(30-31-23)26(2,3)14-32/h5-10,12-13,32H,11,14H2,1-4H3,(H2,29,30,31,33). The van der Waals surface area contributed by atoms with Gasteiger partial charge in [0.15, 0.2) is 15.7 Å². The number of halogens is 1. The van der Waals surface area contributed by atoms with E-state index < -0.39 is 27.0 Å². The van der Waals surface area contributed by atoms with Crippen molar-refractivity contribution in [1.29, 1.82) is 0 Å². The highest BCUT2D eigenvalue weighted by atomic mass is 32.2. The number of aliphatic hydroxyl groups excluding tert-OH is 1. The molecule has 9 nitrogen and oxygen atoms in total. The quantitative estimate of drug-likeness (QED) is 0.315. The predicted octanol–water partition coefficient (Wildman–Crippen LogP) is 4.05. The SMILES string of the molecule is Cc1c(Oc2ccnc3ccc(S(C)(=O)=O)cc23)ccc(CC(=O)Nc2cc(C(C)(C)CO)[nH]n2)c1F. The van der Waals surface area contributed by atoms with E-state index >= 15 is 4.39 Å². The van der Waals surface area contributed by atoms with E-state index in [-0.39, 0.29) is 40.6 Å². The van der Waals surface area contributed by atoms with Gasteiger partial charge < -0.3 is 15.2 Å². The highest BCUT2D eigenvalue weighted by Crippen LogP contribution is 2.33. The number of sulfone groups is 1. The molecule has 3 N–H and O–H groups in total. The van der Waals surface area contributed by atoms with Gasteiger partial charge in [0.1, 0.15) is 17.3 Å². The number of nitrogens with one attached hydrogen (secondary N) is 2. The average Bonchev–Trinajstić information content (AvgIpc) is 3.32. The number of aromatic amines is 1. The highest BCUT2D eigenvalue weighted by molar-refractivity contribution is 7.90.